The number of hydrogen-bond acceptors (Lipinski definition) is 8. The molecule has 7 nitrogen and oxygen atoms in total. The first-order valence-electron chi connectivity index (χ1n) is 22.7. The lowest BCUT2D eigenvalue weighted by Crippen LogP contribution is -2.31. The monoisotopic (exact) mass is 796 g/mol. The topological polar surface area (TPSA) is 73.7 Å². The number of imidazole rings is 1. The summed E-state index contributed by atoms with van der Waals surface area (Å²) in [4.78, 5) is 31.5. The summed E-state index contributed by atoms with van der Waals surface area (Å²) in [6.45, 7) is 9.65. The second kappa shape index (κ2) is 40.0. The summed E-state index contributed by atoms with van der Waals surface area (Å²) >= 11 is 3.79. The van der Waals surface area contributed by atoms with E-state index in [1.165, 1.54) is 154 Å². The molecule has 0 saturated carbocycles. The average Bonchev–Trinajstić information content (AvgIpc) is 3.73. The molecule has 1 unspecified atom stereocenters. The van der Waals surface area contributed by atoms with Crippen LogP contribution in [0.25, 0.3) is 0 Å². The number of carbonyl (C=O) groups excluding carboxylic acids is 2. The summed E-state index contributed by atoms with van der Waals surface area (Å²) in [6, 6.07) is 0.290. The molecule has 0 aliphatic heterocycles. The third-order valence-corrected chi connectivity index (χ3v) is 12.5. The Bertz CT molecular complexity index is 884. The number of ether oxygens (including phenoxy) is 2. The maximum absolute atomic E-state index is 12.6. The first kappa shape index (κ1) is 50.8. The van der Waals surface area contributed by atoms with Crippen molar-refractivity contribution in [2.24, 2.45) is 0 Å². The van der Waals surface area contributed by atoms with Crippen molar-refractivity contribution in [1.82, 2.24) is 14.5 Å². The van der Waals surface area contributed by atoms with Gasteiger partial charge in [0.25, 0.3) is 0 Å². The number of thioether (sulfide) groups is 2. The largest absolute Gasteiger partial charge is 0.465 e. The van der Waals surface area contributed by atoms with Gasteiger partial charge in [-0.15, -0.1) is 0 Å². The van der Waals surface area contributed by atoms with Gasteiger partial charge in [-0.3, -0.25) is 9.59 Å². The maximum atomic E-state index is 12.6. The number of hydrogen-bond donors (Lipinski definition) is 0. The van der Waals surface area contributed by atoms with Gasteiger partial charge in [0.15, 0.2) is 0 Å². The molecule has 0 saturated heterocycles. The van der Waals surface area contributed by atoms with Crippen LogP contribution >= 0.6 is 23.5 Å². The minimum Gasteiger partial charge on any atom is -0.465 e. The molecule has 0 spiro atoms. The summed E-state index contributed by atoms with van der Waals surface area (Å²) in [7, 11) is 0. The van der Waals surface area contributed by atoms with E-state index in [0.717, 1.165) is 36.0 Å². The van der Waals surface area contributed by atoms with Crippen LogP contribution in [0.3, 0.4) is 0 Å². The molecule has 0 N–H and O–H groups in total. The fraction of sp³-hybridized carbons (Fsp3) is 0.889. The Labute approximate surface area is 342 Å². The van der Waals surface area contributed by atoms with Gasteiger partial charge in [0.05, 0.1) is 19.2 Å². The summed E-state index contributed by atoms with van der Waals surface area (Å²) in [5.74, 6) is 3.71. The van der Waals surface area contributed by atoms with E-state index < -0.39 is 0 Å². The quantitative estimate of drug-likeness (QED) is 0.0478. The number of rotatable bonds is 42. The van der Waals surface area contributed by atoms with Crippen molar-refractivity contribution in [2.45, 2.75) is 200 Å². The molecule has 0 fully saturated rings. The second-order valence-electron chi connectivity index (χ2n) is 15.4. The Hall–Kier alpha value is -1.19. The number of unbranched alkanes of at least 4 members (excludes halogenated alkanes) is 22. The van der Waals surface area contributed by atoms with Crippen molar-refractivity contribution >= 4 is 35.5 Å². The van der Waals surface area contributed by atoms with E-state index in [1.807, 2.05) is 36.0 Å². The smallest absolute Gasteiger partial charge is 0.307 e. The van der Waals surface area contributed by atoms with Gasteiger partial charge in [-0.05, 0) is 37.7 Å². The molecular formula is C45H85N3O4S2. The lowest BCUT2D eigenvalue weighted by Gasteiger charge is -2.24. The Kier molecular flexibility index (Phi) is 37.7. The molecule has 0 aliphatic rings. The highest BCUT2D eigenvalue weighted by Crippen LogP contribution is 2.16. The fourth-order valence-electron chi connectivity index (χ4n) is 6.75. The first-order chi connectivity index (χ1) is 26.6. The van der Waals surface area contributed by atoms with Crippen molar-refractivity contribution in [2.75, 3.05) is 55.9 Å². The lowest BCUT2D eigenvalue weighted by atomic mass is 10.1. The Morgan fingerprint density at radius 2 is 0.963 bits per heavy atom. The molecule has 0 amide bonds. The van der Waals surface area contributed by atoms with Gasteiger partial charge in [-0.1, -0.05) is 155 Å². The van der Waals surface area contributed by atoms with E-state index in [9.17, 15) is 9.59 Å². The molecule has 54 heavy (non-hydrogen) atoms. The van der Waals surface area contributed by atoms with E-state index in [4.69, 9.17) is 9.47 Å². The van der Waals surface area contributed by atoms with E-state index in [2.05, 4.69) is 35.2 Å². The number of esters is 2. The van der Waals surface area contributed by atoms with Crippen LogP contribution in [0.1, 0.15) is 200 Å². The fourth-order valence-corrected chi connectivity index (χ4v) is 8.38. The van der Waals surface area contributed by atoms with Crippen LogP contribution in [-0.4, -0.2) is 82.2 Å². The van der Waals surface area contributed by atoms with Gasteiger partial charge in [0.1, 0.15) is 13.2 Å². The van der Waals surface area contributed by atoms with Gasteiger partial charge in [-0.2, -0.15) is 23.5 Å². The highest BCUT2D eigenvalue weighted by molar-refractivity contribution is 7.99. The SMILES string of the molecule is CCCCCCCCCCCCCCSCCOC(=O)CCN(CCC(=O)OCCSCCCCCCCCCCCCCC)CCC(C)n1ccnc1. The molecule has 0 aliphatic carbocycles. The van der Waals surface area contributed by atoms with E-state index in [-0.39, 0.29) is 18.0 Å². The molecule has 1 aromatic heterocycles. The number of carbonyl (C=O) groups is 2. The molecule has 1 rings (SSSR count). The molecule has 1 aromatic rings. The third kappa shape index (κ3) is 34.1. The Morgan fingerprint density at radius 3 is 1.33 bits per heavy atom. The Balaban J connectivity index is 2.11. The van der Waals surface area contributed by atoms with Crippen LogP contribution in [0.15, 0.2) is 18.7 Å². The van der Waals surface area contributed by atoms with Gasteiger partial charge in [0, 0.05) is 49.6 Å². The minimum atomic E-state index is -0.151. The minimum absolute atomic E-state index is 0.151. The van der Waals surface area contributed by atoms with Crippen molar-refractivity contribution in [3.8, 4) is 0 Å². The zero-order valence-electron chi connectivity index (χ0n) is 35.6. The molecular weight excluding hydrogens is 711 g/mol. The average molecular weight is 796 g/mol. The summed E-state index contributed by atoms with van der Waals surface area (Å²) in [6.07, 6.45) is 40.1. The highest BCUT2D eigenvalue weighted by Gasteiger charge is 2.14. The van der Waals surface area contributed by atoms with Crippen molar-refractivity contribution in [3.05, 3.63) is 18.7 Å². The molecule has 1 heterocycles. The number of nitrogens with zero attached hydrogens (tertiary/aromatic N) is 3. The van der Waals surface area contributed by atoms with Crippen LogP contribution in [0.5, 0.6) is 0 Å². The zero-order valence-corrected chi connectivity index (χ0v) is 37.2. The van der Waals surface area contributed by atoms with Crippen molar-refractivity contribution < 1.29 is 19.1 Å². The number of aromatic nitrogens is 2. The zero-order chi connectivity index (χ0) is 39.0. The Morgan fingerprint density at radius 1 is 0.574 bits per heavy atom. The van der Waals surface area contributed by atoms with Gasteiger partial charge < -0.3 is 18.9 Å². The van der Waals surface area contributed by atoms with Crippen LogP contribution in [0.4, 0.5) is 0 Å². The van der Waals surface area contributed by atoms with E-state index in [0.29, 0.717) is 39.1 Å². The van der Waals surface area contributed by atoms with E-state index in [1.54, 1.807) is 6.20 Å². The molecule has 316 valence electrons. The molecule has 0 radical (unpaired) electrons. The van der Waals surface area contributed by atoms with Crippen LogP contribution in [0, 0.1) is 0 Å². The lowest BCUT2D eigenvalue weighted by molar-refractivity contribution is -0.143. The molecule has 1 atom stereocenters. The predicted molar refractivity (Wildman–Crippen MR) is 236 cm³/mol. The first-order valence-corrected chi connectivity index (χ1v) is 25.0. The van der Waals surface area contributed by atoms with Crippen LogP contribution in [-0.2, 0) is 19.1 Å². The third-order valence-electron chi connectivity index (χ3n) is 10.4. The van der Waals surface area contributed by atoms with E-state index >= 15 is 0 Å². The van der Waals surface area contributed by atoms with Gasteiger partial charge >= 0.3 is 11.9 Å². The van der Waals surface area contributed by atoms with Crippen molar-refractivity contribution in [1.29, 1.82) is 0 Å². The normalized spacial score (nSPS) is 12.1. The molecule has 0 aromatic carbocycles. The summed E-state index contributed by atoms with van der Waals surface area (Å²) < 4.78 is 13.2. The second-order valence-corrected chi connectivity index (χ2v) is 17.9. The molecule has 0 bridgehead atoms. The maximum Gasteiger partial charge on any atom is 0.307 e. The summed E-state index contributed by atoms with van der Waals surface area (Å²) in [5.41, 5.74) is 0. The van der Waals surface area contributed by atoms with Gasteiger partial charge in [0.2, 0.25) is 0 Å². The van der Waals surface area contributed by atoms with Crippen LogP contribution in [0.2, 0.25) is 0 Å². The molecule has 9 heteroatoms. The standard InChI is InChI=1S/C45H85N3O4S2/c1-4-6-8-10-12-14-16-18-20-22-24-26-38-53-40-36-51-44(49)29-33-47(32-28-43(3)48-35-31-46-42-48)34-30-45(50)52-37-41-54-39-27-25-23-21-19-17-15-13-11-9-7-5-2/h31,35,42-43H,4-30,32-34,36-41H2,1-3H3. The van der Waals surface area contributed by atoms with Gasteiger partial charge in [-0.25, -0.2) is 4.98 Å². The summed E-state index contributed by atoms with van der Waals surface area (Å²) in [5, 5.41) is 0. The van der Waals surface area contributed by atoms with Crippen molar-refractivity contribution in [3.63, 3.8) is 0 Å². The van der Waals surface area contributed by atoms with Crippen LogP contribution < -0.4 is 0 Å². The predicted octanol–water partition coefficient (Wildman–Crippen LogP) is 12.9. The highest BCUT2D eigenvalue weighted by atomic mass is 32.2.